The zero-order valence-electron chi connectivity index (χ0n) is 24.0. The summed E-state index contributed by atoms with van der Waals surface area (Å²) >= 11 is 0. The molecule has 2 aromatic carbocycles. The third kappa shape index (κ3) is 3.73. The van der Waals surface area contributed by atoms with Gasteiger partial charge in [-0.3, -0.25) is 4.79 Å². The predicted molar refractivity (Wildman–Crippen MR) is 151 cm³/mol. The van der Waals surface area contributed by atoms with Crippen LogP contribution in [0.3, 0.4) is 0 Å². The molecule has 1 saturated heterocycles. The fourth-order valence-corrected chi connectivity index (χ4v) is 7.98. The van der Waals surface area contributed by atoms with Gasteiger partial charge in [0.1, 0.15) is 6.10 Å². The number of likely N-dealkylation sites (N-methyl/N-ethyl adjacent to an activating group) is 1. The lowest BCUT2D eigenvalue weighted by molar-refractivity contribution is -0.197. The first-order chi connectivity index (χ1) is 18.6. The maximum Gasteiger partial charge on any atom is 0.299 e. The van der Waals surface area contributed by atoms with Gasteiger partial charge in [0.25, 0.3) is 5.91 Å². The highest BCUT2D eigenvalue weighted by Crippen LogP contribution is 2.65. The Labute approximate surface area is 232 Å². The molecule has 6 heteroatoms. The van der Waals surface area contributed by atoms with Gasteiger partial charge in [-0.1, -0.05) is 31.9 Å². The SMILES string of the molecule is COc1ccc2c3c1O[C@H]1[C@H](N(CC(C)C)C(=O)C#Cc4ccc(C)c(C)c4)CC[C@@]4(O)[C@@H](C2)N(C)CC[C@]314. The summed E-state index contributed by atoms with van der Waals surface area (Å²) in [5, 5.41) is 12.6. The van der Waals surface area contributed by atoms with E-state index in [-0.39, 0.29) is 30.0 Å². The smallest absolute Gasteiger partial charge is 0.299 e. The number of hydrogen-bond donors (Lipinski definition) is 1. The van der Waals surface area contributed by atoms with E-state index in [1.165, 1.54) is 11.1 Å². The van der Waals surface area contributed by atoms with Crippen LogP contribution < -0.4 is 9.47 Å². The van der Waals surface area contributed by atoms with Crippen molar-refractivity contribution in [1.29, 1.82) is 0 Å². The van der Waals surface area contributed by atoms with Crippen LogP contribution in [0.15, 0.2) is 30.3 Å². The maximum atomic E-state index is 13.9. The number of hydrogen-bond acceptors (Lipinski definition) is 5. The maximum absolute atomic E-state index is 13.9. The lowest BCUT2D eigenvalue weighted by Gasteiger charge is -2.64. The Hall–Kier alpha value is -3.01. The van der Waals surface area contributed by atoms with Crippen LogP contribution in [0.2, 0.25) is 0 Å². The summed E-state index contributed by atoms with van der Waals surface area (Å²) in [5.41, 5.74) is 4.05. The lowest BCUT2D eigenvalue weighted by Crippen LogP contribution is -2.78. The number of carbonyl (C=O) groups is 1. The molecule has 1 saturated carbocycles. The van der Waals surface area contributed by atoms with E-state index < -0.39 is 11.0 Å². The first kappa shape index (κ1) is 26.2. The molecular formula is C33H40N2O4. The van der Waals surface area contributed by atoms with Crippen LogP contribution in [-0.4, -0.2) is 71.8 Å². The van der Waals surface area contributed by atoms with E-state index >= 15 is 0 Å². The normalized spacial score (nSPS) is 30.2. The monoisotopic (exact) mass is 528 g/mol. The van der Waals surface area contributed by atoms with Crippen LogP contribution in [0.4, 0.5) is 0 Å². The third-order valence-corrected chi connectivity index (χ3v) is 9.95. The Morgan fingerprint density at radius 2 is 2.03 bits per heavy atom. The minimum Gasteiger partial charge on any atom is -0.493 e. The molecule has 0 aromatic heterocycles. The predicted octanol–water partition coefficient (Wildman–Crippen LogP) is 4.00. The second-order valence-corrected chi connectivity index (χ2v) is 12.5. The van der Waals surface area contributed by atoms with Gasteiger partial charge < -0.3 is 24.4 Å². The van der Waals surface area contributed by atoms with Gasteiger partial charge >= 0.3 is 0 Å². The number of methoxy groups -OCH3 is 1. The van der Waals surface area contributed by atoms with Crippen molar-refractivity contribution >= 4 is 5.91 Å². The van der Waals surface area contributed by atoms with Gasteiger partial charge in [-0.05, 0) is 93.9 Å². The number of rotatable bonds is 4. The molecule has 39 heavy (non-hydrogen) atoms. The van der Waals surface area contributed by atoms with E-state index in [2.05, 4.69) is 57.5 Å². The van der Waals surface area contributed by atoms with Crippen molar-refractivity contribution in [2.75, 3.05) is 27.2 Å². The molecule has 2 aliphatic carbocycles. The molecule has 2 aliphatic heterocycles. The number of aryl methyl sites for hydroxylation is 2. The number of amides is 1. The van der Waals surface area contributed by atoms with E-state index in [4.69, 9.17) is 9.47 Å². The Morgan fingerprint density at radius 3 is 2.74 bits per heavy atom. The van der Waals surface area contributed by atoms with Gasteiger partial charge in [0, 0.05) is 29.6 Å². The molecule has 4 aliphatic rings. The fourth-order valence-electron chi connectivity index (χ4n) is 7.98. The average molecular weight is 529 g/mol. The fraction of sp³-hybridized carbons (Fsp3) is 0.545. The Kier molecular flexibility index (Phi) is 6.24. The van der Waals surface area contributed by atoms with Crippen LogP contribution in [0.1, 0.15) is 60.9 Å². The highest BCUT2D eigenvalue weighted by molar-refractivity contribution is 5.94. The second kappa shape index (κ2) is 9.28. The van der Waals surface area contributed by atoms with Crippen molar-refractivity contribution in [1.82, 2.24) is 9.80 Å². The Morgan fingerprint density at radius 1 is 1.23 bits per heavy atom. The van der Waals surface area contributed by atoms with Gasteiger partial charge in [0.15, 0.2) is 11.5 Å². The largest absolute Gasteiger partial charge is 0.493 e. The summed E-state index contributed by atoms with van der Waals surface area (Å²) in [4.78, 5) is 18.1. The molecule has 5 atom stereocenters. The van der Waals surface area contributed by atoms with Crippen LogP contribution in [0.25, 0.3) is 0 Å². The van der Waals surface area contributed by atoms with E-state index in [1.54, 1.807) is 7.11 Å². The number of benzene rings is 2. The lowest BCUT2D eigenvalue weighted by atomic mass is 9.48. The number of aliphatic hydroxyl groups is 1. The van der Waals surface area contributed by atoms with Crippen LogP contribution in [0.5, 0.6) is 11.5 Å². The van der Waals surface area contributed by atoms with Gasteiger partial charge in [0.2, 0.25) is 0 Å². The molecule has 1 N–H and O–H groups in total. The van der Waals surface area contributed by atoms with E-state index in [0.29, 0.717) is 25.1 Å². The first-order valence-corrected chi connectivity index (χ1v) is 14.3. The van der Waals surface area contributed by atoms with Crippen molar-refractivity contribution < 1.29 is 19.4 Å². The molecular weight excluding hydrogens is 488 g/mol. The van der Waals surface area contributed by atoms with Crippen molar-refractivity contribution in [3.8, 4) is 23.3 Å². The second-order valence-electron chi connectivity index (χ2n) is 12.5. The summed E-state index contributed by atoms with van der Waals surface area (Å²) in [7, 11) is 3.79. The molecule has 2 aromatic rings. The van der Waals surface area contributed by atoms with E-state index in [1.807, 2.05) is 29.2 Å². The molecule has 1 spiro atoms. The standard InChI is InChI=1S/C33H40N2O4/c1-20(2)19-35(28(36)12-9-23-8-7-21(3)22(4)17-23)25-13-14-33(37)27-18-24-10-11-26(38-6)30-29(24)32(33,31(25)39-30)15-16-34(27)5/h7-8,10-11,17,20,25,27,31,37H,13-16,18-19H2,1-6H3/t25-,27-,31+,32+,33-/m1/s1. The van der Waals surface area contributed by atoms with Gasteiger partial charge in [-0.25, -0.2) is 0 Å². The molecule has 0 unspecified atom stereocenters. The van der Waals surface area contributed by atoms with Crippen LogP contribution in [0, 0.1) is 31.6 Å². The molecule has 0 radical (unpaired) electrons. The molecule has 2 fully saturated rings. The Bertz CT molecular complexity index is 1390. The van der Waals surface area contributed by atoms with Crippen molar-refractivity contribution in [2.24, 2.45) is 5.92 Å². The van der Waals surface area contributed by atoms with Crippen molar-refractivity contribution in [3.63, 3.8) is 0 Å². The number of nitrogens with zero attached hydrogens (tertiary/aromatic N) is 2. The zero-order valence-corrected chi connectivity index (χ0v) is 24.0. The number of ether oxygens (including phenoxy) is 2. The van der Waals surface area contributed by atoms with E-state index in [0.717, 1.165) is 41.8 Å². The third-order valence-electron chi connectivity index (χ3n) is 9.95. The minimum absolute atomic E-state index is 0.0176. The van der Waals surface area contributed by atoms with Gasteiger partial charge in [0.05, 0.1) is 24.2 Å². The van der Waals surface area contributed by atoms with Crippen LogP contribution in [-0.2, 0) is 16.6 Å². The van der Waals surface area contributed by atoms with Crippen molar-refractivity contribution in [3.05, 3.63) is 58.1 Å². The summed E-state index contributed by atoms with van der Waals surface area (Å²) in [6.07, 6.45) is 2.50. The molecule has 6 rings (SSSR count). The average Bonchev–Trinajstić information content (AvgIpc) is 3.25. The summed E-state index contributed by atoms with van der Waals surface area (Å²) in [5.74, 6) is 7.63. The molecule has 1 amide bonds. The summed E-state index contributed by atoms with van der Waals surface area (Å²) in [6, 6.07) is 10.0. The minimum atomic E-state index is -0.927. The summed E-state index contributed by atoms with van der Waals surface area (Å²) in [6.45, 7) is 9.86. The molecule has 2 heterocycles. The van der Waals surface area contributed by atoms with Gasteiger partial charge in [-0.15, -0.1) is 0 Å². The summed E-state index contributed by atoms with van der Waals surface area (Å²) < 4.78 is 12.6. The van der Waals surface area contributed by atoms with E-state index in [9.17, 15) is 9.90 Å². The van der Waals surface area contributed by atoms with Crippen molar-refractivity contribution in [2.45, 2.75) is 82.6 Å². The first-order valence-electron chi connectivity index (χ1n) is 14.3. The highest BCUT2D eigenvalue weighted by Gasteiger charge is 2.73. The highest BCUT2D eigenvalue weighted by atomic mass is 16.5. The Balaban J connectivity index is 1.43. The van der Waals surface area contributed by atoms with Gasteiger partial charge in [-0.2, -0.15) is 0 Å². The molecule has 2 bridgehead atoms. The zero-order chi connectivity index (χ0) is 27.7. The number of carbonyl (C=O) groups excluding carboxylic acids is 1. The number of likely N-dealkylation sites (tertiary alicyclic amines) is 1. The van der Waals surface area contributed by atoms with Crippen LogP contribution >= 0.6 is 0 Å². The quantitative estimate of drug-likeness (QED) is 0.608. The molecule has 206 valence electrons. The molecule has 6 nitrogen and oxygen atoms in total. The topological polar surface area (TPSA) is 62.2 Å². The number of piperidine rings is 1.